The Kier molecular flexibility index (Phi) is 3.68. The van der Waals surface area contributed by atoms with E-state index < -0.39 is 6.09 Å². The number of methoxy groups -OCH3 is 1. The number of hydrogen-bond acceptors (Lipinski definition) is 4. The smallest absolute Gasteiger partial charge is 0.427 e. The number of phenols is 1. The zero-order valence-electron chi connectivity index (χ0n) is 8.52. The standard InChI is InChI=1S/C10H12N2O3/c1-7-4-3-5-8(9(7)13)6-11-12-10(14)15-2/h3-6,13H,1-2H3,(H,12,14)/b11-6+. The van der Waals surface area contributed by atoms with Gasteiger partial charge in [0.25, 0.3) is 0 Å². The highest BCUT2D eigenvalue weighted by Crippen LogP contribution is 2.19. The van der Waals surface area contributed by atoms with E-state index >= 15 is 0 Å². The Morgan fingerprint density at radius 1 is 1.60 bits per heavy atom. The molecule has 0 heterocycles. The molecule has 0 spiro atoms. The van der Waals surface area contributed by atoms with Crippen molar-refractivity contribution in [1.29, 1.82) is 0 Å². The van der Waals surface area contributed by atoms with Crippen molar-refractivity contribution in [1.82, 2.24) is 5.43 Å². The topological polar surface area (TPSA) is 70.9 Å². The highest BCUT2D eigenvalue weighted by molar-refractivity contribution is 5.84. The summed E-state index contributed by atoms with van der Waals surface area (Å²) in [6.45, 7) is 1.78. The van der Waals surface area contributed by atoms with E-state index in [1.807, 2.05) is 0 Å². The van der Waals surface area contributed by atoms with Crippen molar-refractivity contribution >= 4 is 12.3 Å². The second-order valence-corrected chi connectivity index (χ2v) is 2.87. The van der Waals surface area contributed by atoms with Gasteiger partial charge in [-0.15, -0.1) is 0 Å². The Balaban J connectivity index is 2.72. The highest BCUT2D eigenvalue weighted by atomic mass is 16.5. The van der Waals surface area contributed by atoms with Crippen molar-refractivity contribution in [3.8, 4) is 5.75 Å². The first kappa shape index (κ1) is 11.0. The van der Waals surface area contributed by atoms with Gasteiger partial charge in [-0.3, -0.25) is 0 Å². The van der Waals surface area contributed by atoms with Crippen LogP contribution < -0.4 is 5.43 Å². The van der Waals surface area contributed by atoms with Crippen molar-refractivity contribution in [3.05, 3.63) is 29.3 Å². The first-order chi connectivity index (χ1) is 7.15. The van der Waals surface area contributed by atoms with Gasteiger partial charge in [0.05, 0.1) is 13.3 Å². The van der Waals surface area contributed by atoms with Crippen molar-refractivity contribution in [2.24, 2.45) is 5.10 Å². The van der Waals surface area contributed by atoms with E-state index in [2.05, 4.69) is 15.3 Å². The van der Waals surface area contributed by atoms with Crippen LogP contribution in [0.1, 0.15) is 11.1 Å². The number of nitrogens with zero attached hydrogens (tertiary/aromatic N) is 1. The van der Waals surface area contributed by atoms with Gasteiger partial charge in [-0.25, -0.2) is 10.2 Å². The molecule has 1 rings (SSSR count). The maximum atomic E-state index is 10.6. The molecule has 1 aromatic rings. The monoisotopic (exact) mass is 208 g/mol. The number of benzene rings is 1. The summed E-state index contributed by atoms with van der Waals surface area (Å²) in [6, 6.07) is 5.25. The van der Waals surface area contributed by atoms with E-state index in [0.717, 1.165) is 5.56 Å². The zero-order valence-corrected chi connectivity index (χ0v) is 8.52. The molecule has 5 heteroatoms. The fraction of sp³-hybridized carbons (Fsp3) is 0.200. The van der Waals surface area contributed by atoms with Crippen molar-refractivity contribution in [3.63, 3.8) is 0 Å². The first-order valence-corrected chi connectivity index (χ1v) is 4.30. The SMILES string of the molecule is COC(=O)N/N=C/c1cccc(C)c1O. The number of aryl methyl sites for hydroxylation is 1. The second-order valence-electron chi connectivity index (χ2n) is 2.87. The van der Waals surface area contributed by atoms with E-state index in [-0.39, 0.29) is 5.75 Å². The van der Waals surface area contributed by atoms with Crippen LogP contribution in [0.5, 0.6) is 5.75 Å². The van der Waals surface area contributed by atoms with E-state index in [4.69, 9.17) is 0 Å². The Hall–Kier alpha value is -2.04. The number of rotatable bonds is 2. The lowest BCUT2D eigenvalue weighted by atomic mass is 10.1. The van der Waals surface area contributed by atoms with Gasteiger partial charge in [-0.2, -0.15) is 5.10 Å². The van der Waals surface area contributed by atoms with Crippen molar-refractivity contribution in [2.75, 3.05) is 7.11 Å². The van der Waals surface area contributed by atoms with Crippen LogP contribution in [0, 0.1) is 6.92 Å². The predicted octanol–water partition coefficient (Wildman–Crippen LogP) is 1.39. The quantitative estimate of drug-likeness (QED) is 0.570. The maximum Gasteiger partial charge on any atom is 0.427 e. The summed E-state index contributed by atoms with van der Waals surface area (Å²) in [5.41, 5.74) is 3.41. The van der Waals surface area contributed by atoms with Crippen LogP contribution in [-0.2, 0) is 4.74 Å². The van der Waals surface area contributed by atoms with E-state index in [1.54, 1.807) is 25.1 Å². The molecule has 0 saturated carbocycles. The molecule has 2 N–H and O–H groups in total. The van der Waals surface area contributed by atoms with Gasteiger partial charge in [0, 0.05) is 5.56 Å². The number of hydrogen-bond donors (Lipinski definition) is 2. The van der Waals surface area contributed by atoms with Crippen LogP contribution in [-0.4, -0.2) is 24.5 Å². The van der Waals surface area contributed by atoms with Gasteiger partial charge in [0.1, 0.15) is 5.75 Å². The summed E-state index contributed by atoms with van der Waals surface area (Å²) in [5, 5.41) is 13.2. The lowest BCUT2D eigenvalue weighted by Crippen LogP contribution is -2.16. The minimum Gasteiger partial charge on any atom is -0.507 e. The molecule has 0 radical (unpaired) electrons. The Labute approximate surface area is 87.4 Å². The molecule has 1 aromatic carbocycles. The molecular formula is C10H12N2O3. The second kappa shape index (κ2) is 4.99. The fourth-order valence-corrected chi connectivity index (χ4v) is 0.986. The molecule has 0 bridgehead atoms. The third-order valence-electron chi connectivity index (χ3n) is 1.81. The molecule has 80 valence electrons. The number of amides is 1. The fourth-order valence-electron chi connectivity index (χ4n) is 0.986. The molecule has 0 atom stereocenters. The summed E-state index contributed by atoms with van der Waals surface area (Å²) in [4.78, 5) is 10.6. The molecule has 0 unspecified atom stereocenters. The maximum absolute atomic E-state index is 10.6. The number of para-hydroxylation sites is 1. The van der Waals surface area contributed by atoms with E-state index in [1.165, 1.54) is 13.3 Å². The normalized spacial score (nSPS) is 10.3. The average Bonchev–Trinajstić information content (AvgIpc) is 2.24. The van der Waals surface area contributed by atoms with E-state index in [9.17, 15) is 9.90 Å². The predicted molar refractivity (Wildman–Crippen MR) is 56.0 cm³/mol. The molecule has 0 aliphatic heterocycles. The van der Waals surface area contributed by atoms with Crippen LogP contribution in [0.2, 0.25) is 0 Å². The molecule has 0 saturated heterocycles. The largest absolute Gasteiger partial charge is 0.507 e. The van der Waals surface area contributed by atoms with E-state index in [0.29, 0.717) is 5.56 Å². The molecule has 0 aromatic heterocycles. The lowest BCUT2D eigenvalue weighted by Gasteiger charge is -2.01. The number of carbonyl (C=O) groups excluding carboxylic acids is 1. The van der Waals surface area contributed by atoms with Gasteiger partial charge >= 0.3 is 6.09 Å². The van der Waals surface area contributed by atoms with Gasteiger partial charge < -0.3 is 9.84 Å². The van der Waals surface area contributed by atoms with Crippen LogP contribution in [0.3, 0.4) is 0 Å². The third-order valence-corrected chi connectivity index (χ3v) is 1.81. The zero-order chi connectivity index (χ0) is 11.3. The number of phenolic OH excluding ortho intramolecular Hbond substituents is 1. The highest BCUT2D eigenvalue weighted by Gasteiger charge is 2.00. The minimum atomic E-state index is -0.654. The van der Waals surface area contributed by atoms with Crippen molar-refractivity contribution < 1.29 is 14.6 Å². The van der Waals surface area contributed by atoms with Crippen LogP contribution in [0.4, 0.5) is 4.79 Å². The minimum absolute atomic E-state index is 0.146. The van der Waals surface area contributed by atoms with Gasteiger partial charge in [0.15, 0.2) is 0 Å². The van der Waals surface area contributed by atoms with Gasteiger partial charge in [0.2, 0.25) is 0 Å². The summed E-state index contributed by atoms with van der Waals surface area (Å²) in [6.07, 6.45) is 0.692. The Morgan fingerprint density at radius 2 is 2.33 bits per heavy atom. The number of hydrazone groups is 1. The summed E-state index contributed by atoms with van der Waals surface area (Å²) in [5.74, 6) is 0.146. The molecule has 0 aliphatic carbocycles. The van der Waals surface area contributed by atoms with Gasteiger partial charge in [-0.1, -0.05) is 12.1 Å². The molecule has 5 nitrogen and oxygen atoms in total. The molecular weight excluding hydrogens is 196 g/mol. The van der Waals surface area contributed by atoms with Crippen LogP contribution in [0.25, 0.3) is 0 Å². The Bertz CT molecular complexity index is 388. The summed E-state index contributed by atoms with van der Waals surface area (Å²) < 4.78 is 4.32. The Morgan fingerprint density at radius 3 is 3.00 bits per heavy atom. The third kappa shape index (κ3) is 2.98. The number of nitrogens with one attached hydrogen (secondary N) is 1. The van der Waals surface area contributed by atoms with Crippen LogP contribution >= 0.6 is 0 Å². The lowest BCUT2D eigenvalue weighted by molar-refractivity contribution is 0.171. The summed E-state index contributed by atoms with van der Waals surface area (Å²) >= 11 is 0. The number of carbonyl (C=O) groups is 1. The van der Waals surface area contributed by atoms with Crippen molar-refractivity contribution in [2.45, 2.75) is 6.92 Å². The number of ether oxygens (including phenoxy) is 1. The molecule has 1 amide bonds. The van der Waals surface area contributed by atoms with Crippen LogP contribution in [0.15, 0.2) is 23.3 Å². The number of aromatic hydroxyl groups is 1. The summed E-state index contributed by atoms with van der Waals surface area (Å²) in [7, 11) is 1.25. The molecule has 0 aliphatic rings. The molecule has 0 fully saturated rings. The first-order valence-electron chi connectivity index (χ1n) is 4.30. The van der Waals surface area contributed by atoms with Gasteiger partial charge in [-0.05, 0) is 18.6 Å². The molecule has 15 heavy (non-hydrogen) atoms. The average molecular weight is 208 g/mol.